The lowest BCUT2D eigenvalue weighted by molar-refractivity contribution is 0.0740. The number of aromatic nitrogens is 3. The number of hydrogen-bond acceptors (Lipinski definition) is 7. The molecule has 1 aromatic carbocycles. The standard InChI is InChI=1S/C21H22N6O2/c1-29-17-7-5-16(6-8-17)25-19-14-18(23-15-24-19)21(28)27-12-10-26(11-13-27)20-4-2-3-9-22-20/h2-9,14-15H,10-13H2,1H3,(H,23,24,25). The number of methoxy groups -OCH3 is 1. The van der Waals surface area contributed by atoms with Crippen molar-refractivity contribution in [3.63, 3.8) is 0 Å². The molecule has 0 bridgehead atoms. The van der Waals surface area contributed by atoms with Crippen LogP contribution in [-0.4, -0.2) is 59.0 Å². The van der Waals surface area contributed by atoms with Crippen LogP contribution in [0.2, 0.25) is 0 Å². The molecule has 1 aliphatic rings. The predicted molar refractivity (Wildman–Crippen MR) is 111 cm³/mol. The minimum absolute atomic E-state index is 0.0918. The van der Waals surface area contributed by atoms with E-state index in [1.54, 1.807) is 19.4 Å². The highest BCUT2D eigenvalue weighted by molar-refractivity contribution is 5.93. The fourth-order valence-electron chi connectivity index (χ4n) is 3.21. The van der Waals surface area contributed by atoms with Gasteiger partial charge in [-0.1, -0.05) is 6.07 Å². The van der Waals surface area contributed by atoms with Crippen LogP contribution in [0, 0.1) is 0 Å². The van der Waals surface area contributed by atoms with E-state index >= 15 is 0 Å². The normalized spacial score (nSPS) is 13.8. The average molecular weight is 390 g/mol. The molecule has 8 nitrogen and oxygen atoms in total. The van der Waals surface area contributed by atoms with Gasteiger partial charge in [-0.3, -0.25) is 4.79 Å². The summed E-state index contributed by atoms with van der Waals surface area (Å²) >= 11 is 0. The number of nitrogens with one attached hydrogen (secondary N) is 1. The van der Waals surface area contributed by atoms with Crippen LogP contribution >= 0.6 is 0 Å². The van der Waals surface area contributed by atoms with Gasteiger partial charge in [0.05, 0.1) is 7.11 Å². The van der Waals surface area contributed by atoms with E-state index in [4.69, 9.17) is 4.74 Å². The van der Waals surface area contributed by atoms with Gasteiger partial charge in [0.25, 0.3) is 5.91 Å². The number of anilines is 3. The number of ether oxygens (including phenoxy) is 1. The zero-order valence-electron chi connectivity index (χ0n) is 16.2. The van der Waals surface area contributed by atoms with Crippen LogP contribution in [0.25, 0.3) is 0 Å². The molecule has 3 heterocycles. The molecular formula is C21H22N6O2. The summed E-state index contributed by atoms with van der Waals surface area (Å²) in [5, 5.41) is 3.19. The van der Waals surface area contributed by atoms with Gasteiger partial charge in [0.2, 0.25) is 0 Å². The van der Waals surface area contributed by atoms with Gasteiger partial charge in [-0.05, 0) is 36.4 Å². The van der Waals surface area contributed by atoms with Crippen LogP contribution in [0.4, 0.5) is 17.3 Å². The molecule has 148 valence electrons. The number of carbonyl (C=O) groups excluding carboxylic acids is 1. The molecule has 0 atom stereocenters. The zero-order valence-corrected chi connectivity index (χ0v) is 16.2. The second kappa shape index (κ2) is 8.55. The molecule has 4 rings (SSSR count). The minimum Gasteiger partial charge on any atom is -0.497 e. The quantitative estimate of drug-likeness (QED) is 0.717. The molecule has 0 aliphatic carbocycles. The fraction of sp³-hybridized carbons (Fsp3) is 0.238. The molecule has 1 saturated heterocycles. The van der Waals surface area contributed by atoms with Crippen LogP contribution in [0.15, 0.2) is 61.1 Å². The van der Waals surface area contributed by atoms with Gasteiger partial charge in [0.1, 0.15) is 29.4 Å². The maximum atomic E-state index is 12.9. The lowest BCUT2D eigenvalue weighted by atomic mass is 10.2. The van der Waals surface area contributed by atoms with E-state index in [2.05, 4.69) is 25.2 Å². The molecule has 0 radical (unpaired) electrons. The molecule has 0 spiro atoms. The molecule has 29 heavy (non-hydrogen) atoms. The summed E-state index contributed by atoms with van der Waals surface area (Å²) in [6.45, 7) is 2.73. The second-order valence-electron chi connectivity index (χ2n) is 6.61. The van der Waals surface area contributed by atoms with Crippen LogP contribution < -0.4 is 15.0 Å². The van der Waals surface area contributed by atoms with E-state index in [0.717, 1.165) is 30.3 Å². The largest absolute Gasteiger partial charge is 0.497 e. The summed E-state index contributed by atoms with van der Waals surface area (Å²) in [6.07, 6.45) is 3.19. The van der Waals surface area contributed by atoms with Crippen molar-refractivity contribution in [1.29, 1.82) is 0 Å². The number of amides is 1. The summed E-state index contributed by atoms with van der Waals surface area (Å²) in [7, 11) is 1.63. The summed E-state index contributed by atoms with van der Waals surface area (Å²) in [6, 6.07) is 15.0. The number of piperazine rings is 1. The van der Waals surface area contributed by atoms with Gasteiger partial charge in [0.15, 0.2) is 0 Å². The molecule has 1 aliphatic heterocycles. The van der Waals surface area contributed by atoms with E-state index in [0.29, 0.717) is 24.6 Å². The highest BCUT2D eigenvalue weighted by atomic mass is 16.5. The van der Waals surface area contributed by atoms with Crippen molar-refractivity contribution in [2.24, 2.45) is 0 Å². The van der Waals surface area contributed by atoms with Crippen molar-refractivity contribution in [2.75, 3.05) is 43.5 Å². The maximum Gasteiger partial charge on any atom is 0.272 e. The van der Waals surface area contributed by atoms with Crippen molar-refractivity contribution in [3.05, 3.63) is 66.7 Å². The van der Waals surface area contributed by atoms with Crippen molar-refractivity contribution in [3.8, 4) is 5.75 Å². The Balaban J connectivity index is 1.39. The van der Waals surface area contributed by atoms with Gasteiger partial charge < -0.3 is 19.9 Å². The van der Waals surface area contributed by atoms with E-state index in [1.807, 2.05) is 47.4 Å². The number of nitrogens with zero attached hydrogens (tertiary/aromatic N) is 5. The number of rotatable bonds is 5. The van der Waals surface area contributed by atoms with Crippen LogP contribution in [0.5, 0.6) is 5.75 Å². The average Bonchev–Trinajstić information content (AvgIpc) is 2.80. The van der Waals surface area contributed by atoms with Crippen LogP contribution in [-0.2, 0) is 0 Å². The molecular weight excluding hydrogens is 368 g/mol. The van der Waals surface area contributed by atoms with Crippen molar-refractivity contribution >= 4 is 23.2 Å². The predicted octanol–water partition coefficient (Wildman–Crippen LogP) is 2.59. The van der Waals surface area contributed by atoms with Crippen LogP contribution in [0.1, 0.15) is 10.5 Å². The van der Waals surface area contributed by atoms with Crippen molar-refractivity contribution < 1.29 is 9.53 Å². The molecule has 1 N–H and O–H groups in total. The third-order valence-corrected chi connectivity index (χ3v) is 4.79. The Morgan fingerprint density at radius 2 is 1.79 bits per heavy atom. The lowest BCUT2D eigenvalue weighted by Gasteiger charge is -2.35. The third-order valence-electron chi connectivity index (χ3n) is 4.79. The first-order valence-electron chi connectivity index (χ1n) is 9.41. The van der Waals surface area contributed by atoms with Gasteiger partial charge in [-0.15, -0.1) is 0 Å². The molecule has 3 aromatic rings. The highest BCUT2D eigenvalue weighted by Gasteiger charge is 2.23. The second-order valence-corrected chi connectivity index (χ2v) is 6.61. The minimum atomic E-state index is -0.0918. The smallest absolute Gasteiger partial charge is 0.272 e. The maximum absolute atomic E-state index is 12.9. The van der Waals surface area contributed by atoms with Crippen LogP contribution in [0.3, 0.4) is 0 Å². The summed E-state index contributed by atoms with van der Waals surface area (Å²) < 4.78 is 5.16. The Kier molecular flexibility index (Phi) is 5.51. The van der Waals surface area contributed by atoms with Gasteiger partial charge in [0, 0.05) is 44.1 Å². The van der Waals surface area contributed by atoms with Gasteiger partial charge in [-0.2, -0.15) is 0 Å². The summed E-state index contributed by atoms with van der Waals surface area (Å²) in [5.41, 5.74) is 1.23. The van der Waals surface area contributed by atoms with Gasteiger partial charge in [-0.25, -0.2) is 15.0 Å². The Morgan fingerprint density at radius 1 is 1.00 bits per heavy atom. The Bertz CT molecular complexity index is 956. The lowest BCUT2D eigenvalue weighted by Crippen LogP contribution is -2.49. The Labute approximate surface area is 169 Å². The highest BCUT2D eigenvalue weighted by Crippen LogP contribution is 2.19. The topological polar surface area (TPSA) is 83.5 Å². The van der Waals surface area contributed by atoms with Crippen molar-refractivity contribution in [1.82, 2.24) is 19.9 Å². The first kappa shape index (κ1) is 18.7. The zero-order chi connectivity index (χ0) is 20.1. The molecule has 2 aromatic heterocycles. The Morgan fingerprint density at radius 3 is 2.48 bits per heavy atom. The SMILES string of the molecule is COc1ccc(Nc2cc(C(=O)N3CCN(c4ccccn4)CC3)ncn2)cc1. The first-order chi connectivity index (χ1) is 14.2. The van der Waals surface area contributed by atoms with Gasteiger partial charge >= 0.3 is 0 Å². The number of hydrogen-bond donors (Lipinski definition) is 1. The third kappa shape index (κ3) is 4.43. The molecule has 0 saturated carbocycles. The number of pyridine rings is 1. The number of carbonyl (C=O) groups is 1. The molecule has 8 heteroatoms. The molecule has 0 unspecified atom stereocenters. The van der Waals surface area contributed by atoms with E-state index < -0.39 is 0 Å². The Hall–Kier alpha value is -3.68. The monoisotopic (exact) mass is 390 g/mol. The molecule has 1 fully saturated rings. The summed E-state index contributed by atoms with van der Waals surface area (Å²) in [5.74, 6) is 2.19. The fourth-order valence-corrected chi connectivity index (χ4v) is 3.21. The first-order valence-corrected chi connectivity index (χ1v) is 9.41. The summed E-state index contributed by atoms with van der Waals surface area (Å²) in [4.78, 5) is 29.7. The number of benzene rings is 1. The molecule has 1 amide bonds. The van der Waals surface area contributed by atoms with Crippen molar-refractivity contribution in [2.45, 2.75) is 0 Å². The van der Waals surface area contributed by atoms with E-state index in [1.165, 1.54) is 6.33 Å². The van der Waals surface area contributed by atoms with E-state index in [-0.39, 0.29) is 5.91 Å². The van der Waals surface area contributed by atoms with E-state index in [9.17, 15) is 4.79 Å².